The third-order valence-corrected chi connectivity index (χ3v) is 6.28. The van der Waals surface area contributed by atoms with Crippen LogP contribution in [0.2, 0.25) is 0 Å². The first kappa shape index (κ1) is 21.1. The fourth-order valence-electron chi connectivity index (χ4n) is 4.48. The molecule has 0 saturated carbocycles. The second kappa shape index (κ2) is 9.02. The zero-order chi connectivity index (χ0) is 22.8. The van der Waals surface area contributed by atoms with Crippen LogP contribution >= 0.6 is 0 Å². The number of halogens is 1. The molecule has 6 nitrogen and oxygen atoms in total. The third kappa shape index (κ3) is 4.18. The van der Waals surface area contributed by atoms with Gasteiger partial charge in [0.15, 0.2) is 5.65 Å². The molecule has 2 aromatic heterocycles. The zero-order valence-electron chi connectivity index (χ0n) is 18.5. The molecular formula is C26H25FN4O2. The molecule has 0 aliphatic carbocycles. The van der Waals surface area contributed by atoms with Crippen LogP contribution in [0.15, 0.2) is 60.9 Å². The summed E-state index contributed by atoms with van der Waals surface area (Å²) in [6.45, 7) is 1.68. The lowest BCUT2D eigenvalue weighted by molar-refractivity contribution is 0.0793. The number of hydrogen-bond acceptors (Lipinski definition) is 4. The second-order valence-electron chi connectivity index (χ2n) is 8.30. The highest BCUT2D eigenvalue weighted by Gasteiger charge is 2.19. The van der Waals surface area contributed by atoms with Gasteiger partial charge in [-0.3, -0.25) is 9.20 Å². The summed E-state index contributed by atoms with van der Waals surface area (Å²) in [5.41, 5.74) is 5.40. The van der Waals surface area contributed by atoms with Crippen molar-refractivity contribution in [3.8, 4) is 16.9 Å². The van der Waals surface area contributed by atoms with Gasteiger partial charge in [-0.1, -0.05) is 18.2 Å². The van der Waals surface area contributed by atoms with Gasteiger partial charge < -0.3 is 9.64 Å². The summed E-state index contributed by atoms with van der Waals surface area (Å²) >= 11 is 0. The normalized spacial score (nSPS) is 13.6. The van der Waals surface area contributed by atoms with Gasteiger partial charge >= 0.3 is 0 Å². The van der Waals surface area contributed by atoms with Gasteiger partial charge in [0.05, 0.1) is 7.11 Å². The molecule has 0 spiro atoms. The largest absolute Gasteiger partial charge is 0.496 e. The molecule has 4 aromatic rings. The number of methoxy groups -OCH3 is 1. The number of aromatic nitrogens is 3. The van der Waals surface area contributed by atoms with Gasteiger partial charge in [0.2, 0.25) is 0 Å². The van der Waals surface area contributed by atoms with Crippen LogP contribution in [-0.4, -0.2) is 45.6 Å². The third-order valence-electron chi connectivity index (χ3n) is 6.28. The maximum absolute atomic E-state index is 13.5. The number of fused-ring (bicyclic) bond motifs is 1. The summed E-state index contributed by atoms with van der Waals surface area (Å²) in [6, 6.07) is 16.4. The molecule has 33 heavy (non-hydrogen) atoms. The van der Waals surface area contributed by atoms with Gasteiger partial charge in [0.1, 0.15) is 17.9 Å². The fourth-order valence-corrected chi connectivity index (χ4v) is 4.48. The molecule has 1 saturated heterocycles. The summed E-state index contributed by atoms with van der Waals surface area (Å²) in [4.78, 5) is 14.5. The van der Waals surface area contributed by atoms with Crippen LogP contribution in [0.4, 0.5) is 4.39 Å². The Balaban J connectivity index is 1.38. The lowest BCUT2D eigenvalue weighted by Crippen LogP contribution is -2.27. The number of benzene rings is 2. The van der Waals surface area contributed by atoms with E-state index in [0.29, 0.717) is 17.7 Å². The van der Waals surface area contributed by atoms with Crippen LogP contribution < -0.4 is 4.74 Å². The van der Waals surface area contributed by atoms with Crippen LogP contribution in [0.3, 0.4) is 0 Å². The SMILES string of the molecule is COc1cc(F)ccc1CCc1ccc(-c2ccc(C(=O)N3CCCC3)cc2)c2nncn12. The van der Waals surface area contributed by atoms with Gasteiger partial charge in [-0.2, -0.15) is 0 Å². The van der Waals surface area contributed by atoms with E-state index in [-0.39, 0.29) is 11.7 Å². The molecule has 7 heteroatoms. The first-order chi connectivity index (χ1) is 16.1. The predicted molar refractivity (Wildman–Crippen MR) is 124 cm³/mol. The van der Waals surface area contributed by atoms with Gasteiger partial charge in [-0.15, -0.1) is 10.2 Å². The van der Waals surface area contributed by atoms with Gasteiger partial charge in [0.25, 0.3) is 5.91 Å². The number of ether oxygens (including phenoxy) is 1. The van der Waals surface area contributed by atoms with Crippen LogP contribution in [0.25, 0.3) is 16.8 Å². The van der Waals surface area contributed by atoms with Gasteiger partial charge in [-0.05, 0) is 67.1 Å². The van der Waals surface area contributed by atoms with E-state index >= 15 is 0 Å². The molecule has 1 fully saturated rings. The lowest BCUT2D eigenvalue weighted by atomic mass is 10.0. The minimum Gasteiger partial charge on any atom is -0.496 e. The van der Waals surface area contributed by atoms with Crippen LogP contribution in [-0.2, 0) is 12.8 Å². The predicted octanol–water partition coefficient (Wildman–Crippen LogP) is 4.57. The summed E-state index contributed by atoms with van der Waals surface area (Å²) in [6.07, 6.45) is 5.29. The summed E-state index contributed by atoms with van der Waals surface area (Å²) in [7, 11) is 1.55. The fraction of sp³-hybridized carbons (Fsp3) is 0.269. The highest BCUT2D eigenvalue weighted by atomic mass is 19.1. The molecule has 0 radical (unpaired) electrons. The second-order valence-corrected chi connectivity index (χ2v) is 8.30. The Morgan fingerprint density at radius 3 is 2.58 bits per heavy atom. The first-order valence-electron chi connectivity index (χ1n) is 11.2. The van der Waals surface area contributed by atoms with Crippen LogP contribution in [0, 0.1) is 5.82 Å². The Hall–Kier alpha value is -3.74. The van der Waals surface area contributed by atoms with E-state index in [1.165, 1.54) is 12.1 Å². The Morgan fingerprint density at radius 2 is 1.82 bits per heavy atom. The van der Waals surface area contributed by atoms with Crippen molar-refractivity contribution in [1.29, 1.82) is 0 Å². The van der Waals surface area contributed by atoms with Gasteiger partial charge in [-0.25, -0.2) is 4.39 Å². The maximum Gasteiger partial charge on any atom is 0.253 e. The van der Waals surface area contributed by atoms with Crippen molar-refractivity contribution < 1.29 is 13.9 Å². The molecule has 168 valence electrons. The Bertz CT molecular complexity index is 1290. The van der Waals surface area contributed by atoms with Crippen LogP contribution in [0.5, 0.6) is 5.75 Å². The standard InChI is InChI=1S/C26H25FN4O2/c1-33-24-16-21(27)10-8-19(24)9-11-22-12-13-23(25-29-28-17-31(22)25)18-4-6-20(7-5-18)26(32)30-14-2-3-15-30/h4-8,10,12-13,16-17H,2-3,9,11,14-15H2,1H3. The number of pyridine rings is 1. The molecule has 1 aliphatic heterocycles. The zero-order valence-corrected chi connectivity index (χ0v) is 18.5. The topological polar surface area (TPSA) is 59.7 Å². The Kier molecular flexibility index (Phi) is 5.77. The minimum absolute atomic E-state index is 0.0956. The minimum atomic E-state index is -0.311. The summed E-state index contributed by atoms with van der Waals surface area (Å²) in [5.74, 6) is 0.336. The highest BCUT2D eigenvalue weighted by molar-refractivity contribution is 5.95. The maximum atomic E-state index is 13.5. The molecule has 2 aromatic carbocycles. The van der Waals surface area contributed by atoms with E-state index in [9.17, 15) is 9.18 Å². The number of nitrogens with zero attached hydrogens (tertiary/aromatic N) is 4. The van der Waals surface area contributed by atoms with Gasteiger partial charge in [0, 0.05) is 36.0 Å². The number of carbonyl (C=O) groups excluding carboxylic acids is 1. The molecule has 1 amide bonds. The number of rotatable bonds is 6. The van der Waals surface area contributed by atoms with Crippen molar-refractivity contribution in [2.75, 3.05) is 20.2 Å². The van der Waals surface area contributed by atoms with E-state index in [0.717, 1.165) is 60.4 Å². The highest BCUT2D eigenvalue weighted by Crippen LogP contribution is 2.27. The number of amides is 1. The van der Waals surface area contributed by atoms with Crippen molar-refractivity contribution in [1.82, 2.24) is 19.5 Å². The van der Waals surface area contributed by atoms with E-state index in [1.54, 1.807) is 19.5 Å². The van der Waals surface area contributed by atoms with Crippen molar-refractivity contribution in [2.45, 2.75) is 25.7 Å². The number of hydrogen-bond donors (Lipinski definition) is 0. The molecule has 0 atom stereocenters. The molecular weight excluding hydrogens is 419 g/mol. The van der Waals surface area contributed by atoms with E-state index in [2.05, 4.69) is 16.3 Å². The average Bonchev–Trinajstić information content (AvgIpc) is 3.55. The molecule has 0 unspecified atom stereocenters. The average molecular weight is 445 g/mol. The Morgan fingerprint density at radius 1 is 1.03 bits per heavy atom. The number of carbonyl (C=O) groups is 1. The molecule has 3 heterocycles. The Labute approximate surface area is 191 Å². The molecule has 1 aliphatic rings. The van der Waals surface area contributed by atoms with Crippen molar-refractivity contribution in [3.63, 3.8) is 0 Å². The first-order valence-corrected chi connectivity index (χ1v) is 11.2. The smallest absolute Gasteiger partial charge is 0.253 e. The summed E-state index contributed by atoms with van der Waals surface area (Å²) in [5, 5.41) is 8.46. The van der Waals surface area contributed by atoms with Crippen molar-refractivity contribution in [2.24, 2.45) is 0 Å². The van der Waals surface area contributed by atoms with Crippen molar-refractivity contribution >= 4 is 11.6 Å². The lowest BCUT2D eigenvalue weighted by Gasteiger charge is -2.15. The molecule has 5 rings (SSSR count). The summed E-state index contributed by atoms with van der Waals surface area (Å²) < 4.78 is 20.8. The number of aryl methyl sites for hydroxylation is 2. The van der Waals surface area contributed by atoms with Crippen molar-refractivity contribution in [3.05, 3.63) is 83.6 Å². The molecule has 0 N–H and O–H groups in total. The quantitative estimate of drug-likeness (QED) is 0.437. The van der Waals surface area contributed by atoms with E-state index in [1.807, 2.05) is 39.6 Å². The molecule has 0 bridgehead atoms. The monoisotopic (exact) mass is 444 g/mol. The van der Waals surface area contributed by atoms with Crippen LogP contribution in [0.1, 0.15) is 34.5 Å². The van der Waals surface area contributed by atoms with E-state index in [4.69, 9.17) is 4.74 Å². The van der Waals surface area contributed by atoms with E-state index < -0.39 is 0 Å². The number of likely N-dealkylation sites (tertiary alicyclic amines) is 1.